The third kappa shape index (κ3) is 5.00. The van der Waals surface area contributed by atoms with Crippen LogP contribution in [-0.2, 0) is 4.79 Å². The lowest BCUT2D eigenvalue weighted by Gasteiger charge is -2.33. The summed E-state index contributed by atoms with van der Waals surface area (Å²) in [5, 5.41) is 21.3. The maximum absolute atomic E-state index is 12.0. The number of carboxylic acids is 1. The molecular weight excluding hydrogens is 260 g/mol. The van der Waals surface area contributed by atoms with E-state index in [9.17, 15) is 14.7 Å². The molecule has 0 aromatic rings. The van der Waals surface area contributed by atoms with Gasteiger partial charge in [-0.15, -0.1) is 0 Å². The molecule has 2 unspecified atom stereocenters. The molecule has 1 fully saturated rings. The summed E-state index contributed by atoms with van der Waals surface area (Å²) < 4.78 is 0. The number of hydrogen-bond donors (Lipinski definition) is 3. The van der Waals surface area contributed by atoms with Gasteiger partial charge in [-0.2, -0.15) is 0 Å². The van der Waals surface area contributed by atoms with Crippen LogP contribution in [0.5, 0.6) is 0 Å². The summed E-state index contributed by atoms with van der Waals surface area (Å²) in [5.41, 5.74) is 0. The van der Waals surface area contributed by atoms with Gasteiger partial charge in [-0.1, -0.05) is 13.3 Å². The van der Waals surface area contributed by atoms with Gasteiger partial charge >= 0.3 is 12.0 Å². The third-order valence-electron chi connectivity index (χ3n) is 4.00. The van der Waals surface area contributed by atoms with E-state index in [4.69, 9.17) is 5.11 Å². The lowest BCUT2D eigenvalue weighted by molar-refractivity contribution is -0.141. The van der Waals surface area contributed by atoms with Crippen LogP contribution in [0.4, 0.5) is 4.79 Å². The molecule has 0 aliphatic carbocycles. The lowest BCUT2D eigenvalue weighted by atomic mass is 9.92. The number of hydrogen-bond acceptors (Lipinski definition) is 3. The first kappa shape index (κ1) is 16.8. The van der Waals surface area contributed by atoms with Crippen molar-refractivity contribution in [1.82, 2.24) is 10.2 Å². The Bertz CT molecular complexity index is 325. The molecule has 0 aromatic carbocycles. The zero-order valence-corrected chi connectivity index (χ0v) is 12.3. The Hall–Kier alpha value is -1.30. The van der Waals surface area contributed by atoms with Crippen molar-refractivity contribution < 1.29 is 19.8 Å². The van der Waals surface area contributed by atoms with Gasteiger partial charge in [0.1, 0.15) is 0 Å². The second-order valence-corrected chi connectivity index (χ2v) is 5.57. The molecule has 3 N–H and O–H groups in total. The minimum absolute atomic E-state index is 0.179. The highest BCUT2D eigenvalue weighted by atomic mass is 16.4. The van der Waals surface area contributed by atoms with Crippen molar-refractivity contribution in [2.24, 2.45) is 11.8 Å². The van der Waals surface area contributed by atoms with Gasteiger partial charge in [0.2, 0.25) is 0 Å². The number of rotatable bonds is 6. The van der Waals surface area contributed by atoms with Crippen LogP contribution >= 0.6 is 0 Å². The number of carbonyl (C=O) groups is 2. The Morgan fingerprint density at radius 1 is 1.35 bits per heavy atom. The van der Waals surface area contributed by atoms with Crippen LogP contribution in [0.3, 0.4) is 0 Å². The number of nitrogens with one attached hydrogen (secondary N) is 1. The van der Waals surface area contributed by atoms with Crippen LogP contribution in [0.15, 0.2) is 0 Å². The lowest BCUT2D eigenvalue weighted by Crippen LogP contribution is -2.47. The maximum atomic E-state index is 12.0. The largest absolute Gasteiger partial charge is 0.481 e. The zero-order chi connectivity index (χ0) is 15.1. The number of aliphatic hydroxyl groups is 1. The molecular formula is C14H26N2O4. The summed E-state index contributed by atoms with van der Waals surface area (Å²) in [6.45, 7) is 5.12. The molecule has 1 heterocycles. The molecule has 1 rings (SSSR count). The molecule has 0 aromatic heterocycles. The zero-order valence-electron chi connectivity index (χ0n) is 12.3. The second-order valence-electron chi connectivity index (χ2n) is 5.57. The highest BCUT2D eigenvalue weighted by Gasteiger charge is 2.26. The van der Waals surface area contributed by atoms with E-state index in [2.05, 4.69) is 5.32 Å². The van der Waals surface area contributed by atoms with Gasteiger partial charge in [0, 0.05) is 19.6 Å². The Labute approximate surface area is 120 Å². The molecule has 20 heavy (non-hydrogen) atoms. The SMILES string of the molecule is CCCC(CNC(=O)N1CCC(C(C)O)CC1)C(=O)O. The first-order valence-electron chi connectivity index (χ1n) is 7.39. The van der Waals surface area contributed by atoms with Crippen LogP contribution in [-0.4, -0.2) is 52.9 Å². The van der Waals surface area contributed by atoms with Gasteiger partial charge in [0.25, 0.3) is 0 Å². The standard InChI is InChI=1S/C14H26N2O4/c1-3-4-12(13(18)19)9-15-14(20)16-7-5-11(6-8-16)10(2)17/h10-12,17H,3-9H2,1-2H3,(H,15,20)(H,18,19). The molecule has 0 radical (unpaired) electrons. The monoisotopic (exact) mass is 286 g/mol. The van der Waals surface area contributed by atoms with Gasteiger partial charge in [-0.05, 0) is 32.1 Å². The van der Waals surface area contributed by atoms with Crippen molar-refractivity contribution in [3.05, 3.63) is 0 Å². The van der Waals surface area contributed by atoms with Crippen molar-refractivity contribution in [3.8, 4) is 0 Å². The maximum Gasteiger partial charge on any atom is 0.317 e. The molecule has 0 spiro atoms. The van der Waals surface area contributed by atoms with Crippen LogP contribution in [0.25, 0.3) is 0 Å². The highest BCUT2D eigenvalue weighted by Crippen LogP contribution is 2.20. The molecule has 116 valence electrons. The third-order valence-corrected chi connectivity index (χ3v) is 4.00. The summed E-state index contributed by atoms with van der Waals surface area (Å²) in [7, 11) is 0. The van der Waals surface area contributed by atoms with E-state index < -0.39 is 11.9 Å². The summed E-state index contributed by atoms with van der Waals surface area (Å²) in [6.07, 6.45) is 2.61. The molecule has 0 saturated carbocycles. The van der Waals surface area contributed by atoms with Gasteiger partial charge in [-0.3, -0.25) is 4.79 Å². The normalized spacial score (nSPS) is 19.4. The number of aliphatic carboxylic acids is 1. The van der Waals surface area contributed by atoms with Crippen molar-refractivity contribution in [2.75, 3.05) is 19.6 Å². The Morgan fingerprint density at radius 2 is 1.95 bits per heavy atom. The highest BCUT2D eigenvalue weighted by molar-refractivity contribution is 5.76. The first-order valence-corrected chi connectivity index (χ1v) is 7.39. The van der Waals surface area contributed by atoms with Crippen molar-refractivity contribution in [2.45, 2.75) is 45.6 Å². The fraction of sp³-hybridized carbons (Fsp3) is 0.857. The van der Waals surface area contributed by atoms with E-state index in [1.165, 1.54) is 0 Å². The molecule has 6 heteroatoms. The van der Waals surface area contributed by atoms with Crippen LogP contribution in [0.2, 0.25) is 0 Å². The molecule has 1 saturated heterocycles. The van der Waals surface area contributed by atoms with Gasteiger partial charge < -0.3 is 20.4 Å². The van der Waals surface area contributed by atoms with Crippen LogP contribution < -0.4 is 5.32 Å². The van der Waals surface area contributed by atoms with E-state index in [0.29, 0.717) is 19.5 Å². The van der Waals surface area contributed by atoms with Crippen LogP contribution in [0, 0.1) is 11.8 Å². The molecule has 1 aliphatic heterocycles. The fourth-order valence-corrected chi connectivity index (χ4v) is 2.57. The first-order chi connectivity index (χ1) is 9.45. The van der Waals surface area contributed by atoms with Crippen molar-refractivity contribution in [1.29, 1.82) is 0 Å². The minimum Gasteiger partial charge on any atom is -0.481 e. The molecule has 1 aliphatic rings. The summed E-state index contributed by atoms with van der Waals surface area (Å²) in [4.78, 5) is 24.7. The number of amides is 2. The van der Waals surface area contributed by atoms with Crippen molar-refractivity contribution in [3.63, 3.8) is 0 Å². The topological polar surface area (TPSA) is 89.9 Å². The van der Waals surface area contributed by atoms with E-state index in [1.807, 2.05) is 6.92 Å². The van der Waals surface area contributed by atoms with Crippen LogP contribution in [0.1, 0.15) is 39.5 Å². The Balaban J connectivity index is 2.35. The van der Waals surface area contributed by atoms with E-state index >= 15 is 0 Å². The van der Waals surface area contributed by atoms with E-state index in [-0.39, 0.29) is 24.6 Å². The van der Waals surface area contributed by atoms with E-state index in [0.717, 1.165) is 19.3 Å². The molecule has 0 bridgehead atoms. The number of aliphatic hydroxyl groups excluding tert-OH is 1. The smallest absolute Gasteiger partial charge is 0.317 e. The summed E-state index contributed by atoms with van der Waals surface area (Å²) in [5.74, 6) is -1.12. The number of likely N-dealkylation sites (tertiary alicyclic amines) is 1. The number of carbonyl (C=O) groups excluding carboxylic acids is 1. The number of carboxylic acid groups (broad SMARTS) is 1. The molecule has 6 nitrogen and oxygen atoms in total. The Kier molecular flexibility index (Phi) is 6.78. The predicted octanol–water partition coefficient (Wildman–Crippen LogP) is 1.29. The summed E-state index contributed by atoms with van der Waals surface area (Å²) >= 11 is 0. The molecule has 2 atom stereocenters. The quantitative estimate of drug-likeness (QED) is 0.686. The van der Waals surface area contributed by atoms with Gasteiger partial charge in [-0.25, -0.2) is 4.79 Å². The minimum atomic E-state index is -0.861. The van der Waals surface area contributed by atoms with Gasteiger partial charge in [0.05, 0.1) is 12.0 Å². The number of nitrogens with zero attached hydrogens (tertiary/aromatic N) is 1. The summed E-state index contributed by atoms with van der Waals surface area (Å²) in [6, 6.07) is -0.198. The average Bonchev–Trinajstić information content (AvgIpc) is 2.42. The fourth-order valence-electron chi connectivity index (χ4n) is 2.57. The predicted molar refractivity (Wildman–Crippen MR) is 75.4 cm³/mol. The molecule has 2 amide bonds. The number of urea groups is 1. The Morgan fingerprint density at radius 3 is 2.40 bits per heavy atom. The van der Waals surface area contributed by atoms with E-state index in [1.54, 1.807) is 11.8 Å². The average molecular weight is 286 g/mol. The second kappa shape index (κ2) is 8.09. The number of piperidine rings is 1. The van der Waals surface area contributed by atoms with Crippen molar-refractivity contribution >= 4 is 12.0 Å². The van der Waals surface area contributed by atoms with Gasteiger partial charge in [0.15, 0.2) is 0 Å².